The first-order valence-electron chi connectivity index (χ1n) is 5.72. The molecule has 2 atom stereocenters. The van der Waals surface area contributed by atoms with E-state index in [0.29, 0.717) is 31.5 Å². The maximum atomic E-state index is 11.7. The summed E-state index contributed by atoms with van der Waals surface area (Å²) in [5, 5.41) is 3.48. The highest BCUT2D eigenvalue weighted by Crippen LogP contribution is 2.20. The van der Waals surface area contributed by atoms with Gasteiger partial charge in [0.15, 0.2) is 0 Å². The number of Topliss-reactive ketones (excluding diaryl/α,β-unsaturated/α-hetero) is 1. The summed E-state index contributed by atoms with van der Waals surface area (Å²) in [6.07, 6.45) is 5.55. The molecular formula is C11H19NO2. The van der Waals surface area contributed by atoms with Crippen molar-refractivity contribution in [2.75, 3.05) is 19.8 Å². The molecule has 0 saturated carbocycles. The summed E-state index contributed by atoms with van der Waals surface area (Å²) in [7, 11) is 0. The number of hydrogen-bond donors (Lipinski definition) is 1. The van der Waals surface area contributed by atoms with Gasteiger partial charge < -0.3 is 10.1 Å². The van der Waals surface area contributed by atoms with Crippen LogP contribution in [0.15, 0.2) is 0 Å². The van der Waals surface area contributed by atoms with Crippen LogP contribution in [0.2, 0.25) is 0 Å². The van der Waals surface area contributed by atoms with Gasteiger partial charge in [-0.1, -0.05) is 12.8 Å². The van der Waals surface area contributed by atoms with Gasteiger partial charge in [-0.3, -0.25) is 4.79 Å². The first-order valence-corrected chi connectivity index (χ1v) is 5.72. The van der Waals surface area contributed by atoms with Crippen molar-refractivity contribution in [2.45, 2.75) is 38.1 Å². The minimum Gasteiger partial charge on any atom is -0.380 e. The number of nitrogens with one attached hydrogen (secondary N) is 1. The Morgan fingerprint density at radius 3 is 3.07 bits per heavy atom. The number of ether oxygens (including phenoxy) is 1. The molecule has 2 rings (SSSR count). The lowest BCUT2D eigenvalue weighted by Crippen LogP contribution is -2.44. The quantitative estimate of drug-likeness (QED) is 0.684. The van der Waals surface area contributed by atoms with E-state index in [4.69, 9.17) is 4.74 Å². The summed E-state index contributed by atoms with van der Waals surface area (Å²) < 4.78 is 5.39. The van der Waals surface area contributed by atoms with Crippen LogP contribution in [-0.4, -0.2) is 31.6 Å². The van der Waals surface area contributed by atoms with E-state index in [9.17, 15) is 4.79 Å². The Balaban J connectivity index is 1.93. The van der Waals surface area contributed by atoms with Gasteiger partial charge in [-0.15, -0.1) is 0 Å². The molecule has 0 aromatic carbocycles. The first kappa shape index (κ1) is 10.1. The number of hydrogen-bond acceptors (Lipinski definition) is 3. The Hall–Kier alpha value is -0.410. The van der Waals surface area contributed by atoms with E-state index in [1.54, 1.807) is 0 Å². The molecule has 80 valence electrons. The van der Waals surface area contributed by atoms with Crippen LogP contribution in [-0.2, 0) is 9.53 Å². The summed E-state index contributed by atoms with van der Waals surface area (Å²) in [6.45, 7) is 2.33. The molecule has 0 aliphatic carbocycles. The van der Waals surface area contributed by atoms with Crippen LogP contribution >= 0.6 is 0 Å². The van der Waals surface area contributed by atoms with E-state index >= 15 is 0 Å². The molecule has 3 heteroatoms. The van der Waals surface area contributed by atoms with Gasteiger partial charge in [-0.2, -0.15) is 0 Å². The van der Waals surface area contributed by atoms with Gasteiger partial charge in [0.1, 0.15) is 5.78 Å². The minimum atomic E-state index is 0.127. The van der Waals surface area contributed by atoms with Crippen LogP contribution in [0.1, 0.15) is 32.1 Å². The second-order valence-corrected chi connectivity index (χ2v) is 4.31. The molecular weight excluding hydrogens is 178 g/mol. The Labute approximate surface area is 85.2 Å². The van der Waals surface area contributed by atoms with Gasteiger partial charge >= 0.3 is 0 Å². The fourth-order valence-electron chi connectivity index (χ4n) is 2.40. The molecule has 0 radical (unpaired) electrons. The fraction of sp³-hybridized carbons (Fsp3) is 0.909. The van der Waals surface area contributed by atoms with Crippen molar-refractivity contribution in [2.24, 2.45) is 5.92 Å². The van der Waals surface area contributed by atoms with E-state index in [2.05, 4.69) is 5.32 Å². The van der Waals surface area contributed by atoms with Crippen molar-refractivity contribution in [3.8, 4) is 0 Å². The molecule has 1 N–H and O–H groups in total. The van der Waals surface area contributed by atoms with Gasteiger partial charge in [0.25, 0.3) is 0 Å². The second-order valence-electron chi connectivity index (χ2n) is 4.31. The van der Waals surface area contributed by atoms with Gasteiger partial charge in [-0.05, 0) is 19.4 Å². The molecule has 2 heterocycles. The number of rotatable bonds is 1. The average molecular weight is 197 g/mol. The molecule has 2 saturated heterocycles. The lowest BCUT2D eigenvalue weighted by atomic mass is 9.90. The molecule has 0 bridgehead atoms. The van der Waals surface area contributed by atoms with Crippen LogP contribution in [0.25, 0.3) is 0 Å². The maximum Gasteiger partial charge on any atom is 0.142 e. The molecule has 2 aliphatic heterocycles. The van der Waals surface area contributed by atoms with Gasteiger partial charge in [0.05, 0.1) is 19.1 Å². The topological polar surface area (TPSA) is 38.3 Å². The third-order valence-corrected chi connectivity index (χ3v) is 3.29. The third-order valence-electron chi connectivity index (χ3n) is 3.29. The standard InChI is InChI=1S/C11H19NO2/c13-11-5-7-14-8-9(11)10-4-2-1-3-6-12-10/h9-10,12H,1-8H2. The van der Waals surface area contributed by atoms with E-state index < -0.39 is 0 Å². The minimum absolute atomic E-state index is 0.127. The summed E-state index contributed by atoms with van der Waals surface area (Å²) in [6, 6.07) is 0.380. The van der Waals surface area contributed by atoms with Crippen LogP contribution in [0.4, 0.5) is 0 Å². The normalized spacial score (nSPS) is 35.3. The van der Waals surface area contributed by atoms with Crippen molar-refractivity contribution >= 4 is 5.78 Å². The smallest absolute Gasteiger partial charge is 0.142 e. The van der Waals surface area contributed by atoms with E-state index in [-0.39, 0.29) is 5.92 Å². The summed E-state index contributed by atoms with van der Waals surface area (Å²) in [5.74, 6) is 0.525. The molecule has 2 fully saturated rings. The van der Waals surface area contributed by atoms with Crippen molar-refractivity contribution in [3.05, 3.63) is 0 Å². The lowest BCUT2D eigenvalue weighted by Gasteiger charge is -2.28. The van der Waals surface area contributed by atoms with Crippen molar-refractivity contribution in [1.82, 2.24) is 5.32 Å². The highest BCUT2D eigenvalue weighted by atomic mass is 16.5. The zero-order chi connectivity index (χ0) is 9.80. The Bertz CT molecular complexity index is 197. The number of carbonyl (C=O) groups excluding carboxylic acids is 1. The molecule has 0 aromatic rings. The van der Waals surface area contributed by atoms with Gasteiger partial charge in [-0.25, -0.2) is 0 Å². The van der Waals surface area contributed by atoms with Crippen LogP contribution < -0.4 is 5.32 Å². The first-order chi connectivity index (χ1) is 6.88. The second kappa shape index (κ2) is 4.89. The zero-order valence-corrected chi connectivity index (χ0v) is 8.63. The van der Waals surface area contributed by atoms with Crippen molar-refractivity contribution < 1.29 is 9.53 Å². The van der Waals surface area contributed by atoms with Gasteiger partial charge in [0, 0.05) is 12.5 Å². The van der Waals surface area contributed by atoms with Crippen LogP contribution in [0, 0.1) is 5.92 Å². The van der Waals surface area contributed by atoms with Crippen molar-refractivity contribution in [1.29, 1.82) is 0 Å². The third kappa shape index (κ3) is 2.34. The lowest BCUT2D eigenvalue weighted by molar-refractivity contribution is -0.131. The predicted molar refractivity (Wildman–Crippen MR) is 54.2 cm³/mol. The highest BCUT2D eigenvalue weighted by Gasteiger charge is 2.30. The SMILES string of the molecule is O=C1CCOCC1C1CCCCCN1. The van der Waals surface area contributed by atoms with Crippen LogP contribution in [0.5, 0.6) is 0 Å². The highest BCUT2D eigenvalue weighted by molar-refractivity contribution is 5.82. The average Bonchev–Trinajstić information content (AvgIpc) is 2.47. The molecule has 0 aromatic heterocycles. The largest absolute Gasteiger partial charge is 0.380 e. The number of ketones is 1. The Morgan fingerprint density at radius 1 is 1.29 bits per heavy atom. The summed E-state index contributed by atoms with van der Waals surface area (Å²) >= 11 is 0. The Kier molecular flexibility index (Phi) is 3.54. The maximum absolute atomic E-state index is 11.7. The predicted octanol–water partition coefficient (Wildman–Crippen LogP) is 1.12. The molecule has 0 amide bonds. The van der Waals surface area contributed by atoms with E-state index in [1.165, 1.54) is 19.3 Å². The van der Waals surface area contributed by atoms with E-state index in [1.807, 2.05) is 0 Å². The monoisotopic (exact) mass is 197 g/mol. The zero-order valence-electron chi connectivity index (χ0n) is 8.63. The van der Waals surface area contributed by atoms with Crippen LogP contribution in [0.3, 0.4) is 0 Å². The molecule has 14 heavy (non-hydrogen) atoms. The fourth-order valence-corrected chi connectivity index (χ4v) is 2.40. The molecule has 2 unspecified atom stereocenters. The molecule has 0 spiro atoms. The van der Waals surface area contributed by atoms with Crippen molar-refractivity contribution in [3.63, 3.8) is 0 Å². The summed E-state index contributed by atoms with van der Waals surface area (Å²) in [4.78, 5) is 11.7. The Morgan fingerprint density at radius 2 is 2.21 bits per heavy atom. The van der Waals surface area contributed by atoms with E-state index in [0.717, 1.165) is 13.0 Å². The summed E-state index contributed by atoms with van der Waals surface area (Å²) in [5.41, 5.74) is 0. The molecule has 3 nitrogen and oxygen atoms in total. The number of carbonyl (C=O) groups is 1. The van der Waals surface area contributed by atoms with Gasteiger partial charge in [0.2, 0.25) is 0 Å². The molecule has 2 aliphatic rings.